The summed E-state index contributed by atoms with van der Waals surface area (Å²) in [7, 11) is 0. The highest BCUT2D eigenvalue weighted by Crippen LogP contribution is 2.30. The summed E-state index contributed by atoms with van der Waals surface area (Å²) < 4.78 is 37.5. The molecule has 1 atom stereocenters. The Morgan fingerprint density at radius 1 is 1.00 bits per heavy atom. The molecule has 0 fully saturated rings. The molecule has 2 aromatic carbocycles. The molecule has 2 nitrogen and oxygen atoms in total. The van der Waals surface area contributed by atoms with Gasteiger partial charge in [0.15, 0.2) is 0 Å². The molecule has 0 saturated heterocycles. The Hall–Kier alpha value is -2.01. The van der Waals surface area contributed by atoms with Gasteiger partial charge in [0, 0.05) is 18.3 Å². The van der Waals surface area contributed by atoms with Crippen molar-refractivity contribution in [2.45, 2.75) is 25.7 Å². The maximum absolute atomic E-state index is 12.5. The average molecular weight is 294 g/mol. The third kappa shape index (κ3) is 3.98. The van der Waals surface area contributed by atoms with E-state index in [1.807, 2.05) is 31.2 Å². The van der Waals surface area contributed by atoms with Gasteiger partial charge in [0.1, 0.15) is 0 Å². The van der Waals surface area contributed by atoms with Crippen LogP contribution in [0.25, 0.3) is 0 Å². The Kier molecular flexibility index (Phi) is 4.53. The fourth-order valence-electron chi connectivity index (χ4n) is 2.03. The van der Waals surface area contributed by atoms with Crippen molar-refractivity contribution in [3.8, 4) is 0 Å². The standard InChI is InChI=1S/C16H17F3N2/c1-11(13-4-2-12(10-20)3-5-13)21-15-8-6-14(7-9-15)16(17,18)19/h2-9,11,21H,10,20H2,1H3. The van der Waals surface area contributed by atoms with Gasteiger partial charge >= 0.3 is 6.18 Å². The molecule has 5 heteroatoms. The van der Waals surface area contributed by atoms with Crippen molar-refractivity contribution in [1.82, 2.24) is 0 Å². The number of halogens is 3. The summed E-state index contributed by atoms with van der Waals surface area (Å²) in [4.78, 5) is 0. The van der Waals surface area contributed by atoms with E-state index >= 15 is 0 Å². The van der Waals surface area contributed by atoms with Crippen molar-refractivity contribution >= 4 is 5.69 Å². The van der Waals surface area contributed by atoms with Crippen molar-refractivity contribution in [2.75, 3.05) is 5.32 Å². The maximum Gasteiger partial charge on any atom is 0.416 e. The van der Waals surface area contributed by atoms with Crippen molar-refractivity contribution in [3.05, 3.63) is 65.2 Å². The molecule has 2 rings (SSSR count). The minimum Gasteiger partial charge on any atom is -0.379 e. The third-order valence-corrected chi connectivity index (χ3v) is 3.31. The van der Waals surface area contributed by atoms with E-state index in [0.29, 0.717) is 12.2 Å². The van der Waals surface area contributed by atoms with Crippen LogP contribution in [0.4, 0.5) is 18.9 Å². The summed E-state index contributed by atoms with van der Waals surface area (Å²) in [5.41, 5.74) is 7.64. The van der Waals surface area contributed by atoms with Crippen LogP contribution < -0.4 is 11.1 Å². The molecule has 0 aliphatic rings. The number of hydrogen-bond acceptors (Lipinski definition) is 2. The van der Waals surface area contributed by atoms with E-state index in [0.717, 1.165) is 23.3 Å². The van der Waals surface area contributed by atoms with E-state index in [1.165, 1.54) is 12.1 Å². The van der Waals surface area contributed by atoms with Gasteiger partial charge in [-0.3, -0.25) is 0 Å². The average Bonchev–Trinajstić information content (AvgIpc) is 2.47. The molecule has 1 unspecified atom stereocenters. The maximum atomic E-state index is 12.5. The van der Waals surface area contributed by atoms with Gasteiger partial charge in [-0.25, -0.2) is 0 Å². The van der Waals surface area contributed by atoms with Crippen LogP contribution in [0.15, 0.2) is 48.5 Å². The number of anilines is 1. The van der Waals surface area contributed by atoms with Gasteiger partial charge in [-0.15, -0.1) is 0 Å². The first kappa shape index (κ1) is 15.4. The van der Waals surface area contributed by atoms with Gasteiger partial charge in [-0.05, 0) is 42.3 Å². The van der Waals surface area contributed by atoms with Crippen LogP contribution >= 0.6 is 0 Å². The quantitative estimate of drug-likeness (QED) is 0.880. The Balaban J connectivity index is 2.06. The fourth-order valence-corrected chi connectivity index (χ4v) is 2.03. The van der Waals surface area contributed by atoms with Crippen LogP contribution in [0.5, 0.6) is 0 Å². The number of nitrogens with one attached hydrogen (secondary N) is 1. The number of alkyl halides is 3. The van der Waals surface area contributed by atoms with Gasteiger partial charge in [0.2, 0.25) is 0 Å². The molecule has 0 spiro atoms. The summed E-state index contributed by atoms with van der Waals surface area (Å²) in [5, 5.41) is 3.18. The van der Waals surface area contributed by atoms with Crippen molar-refractivity contribution in [1.29, 1.82) is 0 Å². The van der Waals surface area contributed by atoms with E-state index in [-0.39, 0.29) is 6.04 Å². The summed E-state index contributed by atoms with van der Waals surface area (Å²) in [6.45, 7) is 2.44. The highest BCUT2D eigenvalue weighted by atomic mass is 19.4. The second-order valence-corrected chi connectivity index (χ2v) is 4.89. The summed E-state index contributed by atoms with van der Waals surface area (Å²) >= 11 is 0. The molecule has 0 bridgehead atoms. The molecule has 3 N–H and O–H groups in total. The summed E-state index contributed by atoms with van der Waals surface area (Å²) in [6.07, 6.45) is -4.30. The number of hydrogen-bond donors (Lipinski definition) is 2. The second-order valence-electron chi connectivity index (χ2n) is 4.89. The van der Waals surface area contributed by atoms with Crippen LogP contribution in [0, 0.1) is 0 Å². The second kappa shape index (κ2) is 6.18. The van der Waals surface area contributed by atoms with Gasteiger partial charge in [0.25, 0.3) is 0 Å². The number of benzene rings is 2. The summed E-state index contributed by atoms with van der Waals surface area (Å²) in [5.74, 6) is 0. The minimum absolute atomic E-state index is 0.00596. The number of rotatable bonds is 4. The molecule has 0 saturated carbocycles. The third-order valence-electron chi connectivity index (χ3n) is 3.31. The molecular weight excluding hydrogens is 277 g/mol. The van der Waals surface area contributed by atoms with Crippen LogP contribution in [-0.2, 0) is 12.7 Å². The largest absolute Gasteiger partial charge is 0.416 e. The van der Waals surface area contributed by atoms with Crippen molar-refractivity contribution in [3.63, 3.8) is 0 Å². The zero-order chi connectivity index (χ0) is 15.5. The van der Waals surface area contributed by atoms with Crippen LogP contribution in [-0.4, -0.2) is 0 Å². The van der Waals surface area contributed by atoms with Gasteiger partial charge < -0.3 is 11.1 Å². The lowest BCUT2D eigenvalue weighted by molar-refractivity contribution is -0.137. The smallest absolute Gasteiger partial charge is 0.379 e. The topological polar surface area (TPSA) is 38.0 Å². The first-order chi connectivity index (χ1) is 9.90. The Morgan fingerprint density at radius 2 is 1.57 bits per heavy atom. The first-order valence-electron chi connectivity index (χ1n) is 6.63. The fraction of sp³-hybridized carbons (Fsp3) is 0.250. The SMILES string of the molecule is CC(Nc1ccc(C(F)(F)F)cc1)c1ccc(CN)cc1. The van der Waals surface area contributed by atoms with Crippen LogP contribution in [0.1, 0.15) is 29.7 Å². The van der Waals surface area contributed by atoms with Gasteiger partial charge in [0.05, 0.1) is 5.56 Å². The summed E-state index contributed by atoms with van der Waals surface area (Å²) in [6, 6.07) is 12.8. The van der Waals surface area contributed by atoms with E-state index < -0.39 is 11.7 Å². The predicted octanol–water partition coefficient (Wildman–Crippen LogP) is 4.34. The highest BCUT2D eigenvalue weighted by molar-refractivity contribution is 5.47. The van der Waals surface area contributed by atoms with E-state index in [2.05, 4.69) is 5.32 Å². The van der Waals surface area contributed by atoms with Crippen LogP contribution in [0.2, 0.25) is 0 Å². The molecule has 0 heterocycles. The van der Waals surface area contributed by atoms with Crippen LogP contribution in [0.3, 0.4) is 0 Å². The van der Waals surface area contributed by atoms with Crippen molar-refractivity contribution < 1.29 is 13.2 Å². The van der Waals surface area contributed by atoms with E-state index in [1.54, 1.807) is 0 Å². The lowest BCUT2D eigenvalue weighted by Gasteiger charge is -2.16. The first-order valence-corrected chi connectivity index (χ1v) is 6.63. The molecule has 0 radical (unpaired) electrons. The molecule has 112 valence electrons. The molecular formula is C16H17F3N2. The Labute approximate surface area is 121 Å². The number of nitrogens with two attached hydrogens (primary N) is 1. The molecule has 2 aromatic rings. The monoisotopic (exact) mass is 294 g/mol. The molecule has 21 heavy (non-hydrogen) atoms. The van der Waals surface area contributed by atoms with Gasteiger partial charge in [-0.1, -0.05) is 24.3 Å². The van der Waals surface area contributed by atoms with E-state index in [9.17, 15) is 13.2 Å². The Morgan fingerprint density at radius 3 is 2.05 bits per heavy atom. The zero-order valence-electron chi connectivity index (χ0n) is 11.6. The van der Waals surface area contributed by atoms with Crippen molar-refractivity contribution in [2.24, 2.45) is 5.73 Å². The predicted molar refractivity (Wildman–Crippen MR) is 77.8 cm³/mol. The minimum atomic E-state index is -4.30. The van der Waals surface area contributed by atoms with E-state index in [4.69, 9.17) is 5.73 Å². The molecule has 0 aliphatic heterocycles. The Bertz CT molecular complexity index is 574. The van der Waals surface area contributed by atoms with Gasteiger partial charge in [-0.2, -0.15) is 13.2 Å². The highest BCUT2D eigenvalue weighted by Gasteiger charge is 2.29. The molecule has 0 amide bonds. The lowest BCUT2D eigenvalue weighted by Crippen LogP contribution is -2.08. The zero-order valence-corrected chi connectivity index (χ0v) is 11.6. The molecule has 0 aromatic heterocycles. The normalized spacial score (nSPS) is 13.0. The molecule has 0 aliphatic carbocycles. The lowest BCUT2D eigenvalue weighted by atomic mass is 10.1.